The molecule has 1 aliphatic rings. The SMILES string of the molecule is CCNC(=O)C1COCCN1C(CN)c1ccccn1. The molecule has 0 aromatic carbocycles. The van der Waals surface area contributed by atoms with E-state index < -0.39 is 0 Å². The van der Waals surface area contributed by atoms with Crippen LogP contribution in [0.3, 0.4) is 0 Å². The van der Waals surface area contributed by atoms with Crippen molar-refractivity contribution in [3.05, 3.63) is 30.1 Å². The molecule has 0 bridgehead atoms. The summed E-state index contributed by atoms with van der Waals surface area (Å²) in [6.45, 7) is 4.63. The third-order valence-electron chi connectivity index (χ3n) is 3.48. The molecule has 2 unspecified atom stereocenters. The minimum absolute atomic E-state index is 0.0124. The van der Waals surface area contributed by atoms with Gasteiger partial charge in [0.2, 0.25) is 5.91 Å². The zero-order chi connectivity index (χ0) is 14.4. The summed E-state index contributed by atoms with van der Waals surface area (Å²) in [6.07, 6.45) is 1.75. The highest BCUT2D eigenvalue weighted by Crippen LogP contribution is 2.22. The van der Waals surface area contributed by atoms with Crippen LogP contribution in [0.2, 0.25) is 0 Å². The summed E-state index contributed by atoms with van der Waals surface area (Å²) in [5.41, 5.74) is 6.81. The van der Waals surface area contributed by atoms with E-state index >= 15 is 0 Å². The Hall–Kier alpha value is -1.50. The van der Waals surface area contributed by atoms with Gasteiger partial charge in [0.15, 0.2) is 0 Å². The predicted molar refractivity (Wildman–Crippen MR) is 76.0 cm³/mol. The number of nitrogens with zero attached hydrogens (tertiary/aromatic N) is 2. The first kappa shape index (κ1) is 14.9. The van der Waals surface area contributed by atoms with Crippen molar-refractivity contribution in [3.63, 3.8) is 0 Å². The molecule has 1 aliphatic heterocycles. The number of pyridine rings is 1. The minimum Gasteiger partial charge on any atom is -0.378 e. The molecule has 1 fully saturated rings. The molecule has 1 amide bonds. The summed E-state index contributed by atoms with van der Waals surface area (Å²) >= 11 is 0. The van der Waals surface area contributed by atoms with Crippen molar-refractivity contribution in [1.82, 2.24) is 15.2 Å². The number of carbonyl (C=O) groups is 1. The number of nitrogens with two attached hydrogens (primary N) is 1. The summed E-state index contributed by atoms with van der Waals surface area (Å²) in [4.78, 5) is 18.6. The highest BCUT2D eigenvalue weighted by Gasteiger charge is 2.34. The van der Waals surface area contributed by atoms with Crippen LogP contribution in [0.15, 0.2) is 24.4 Å². The van der Waals surface area contributed by atoms with Gasteiger partial charge >= 0.3 is 0 Å². The van der Waals surface area contributed by atoms with Gasteiger partial charge in [-0.1, -0.05) is 6.07 Å². The lowest BCUT2D eigenvalue weighted by molar-refractivity contribution is -0.134. The molecular formula is C14H22N4O2. The van der Waals surface area contributed by atoms with Crippen molar-refractivity contribution in [1.29, 1.82) is 0 Å². The number of carbonyl (C=O) groups excluding carboxylic acids is 1. The first-order valence-corrected chi connectivity index (χ1v) is 7.00. The summed E-state index contributed by atoms with van der Waals surface area (Å²) in [7, 11) is 0. The van der Waals surface area contributed by atoms with Crippen LogP contribution in [-0.4, -0.2) is 54.7 Å². The monoisotopic (exact) mass is 278 g/mol. The fraction of sp³-hybridized carbons (Fsp3) is 0.571. The fourth-order valence-electron chi connectivity index (χ4n) is 2.51. The number of rotatable bonds is 5. The predicted octanol–water partition coefficient (Wildman–Crippen LogP) is -0.0817. The van der Waals surface area contributed by atoms with Gasteiger partial charge in [0.05, 0.1) is 24.9 Å². The van der Waals surface area contributed by atoms with Crippen LogP contribution in [0.4, 0.5) is 0 Å². The number of hydrogen-bond donors (Lipinski definition) is 2. The van der Waals surface area contributed by atoms with Gasteiger partial charge in [0.25, 0.3) is 0 Å². The van der Waals surface area contributed by atoms with Gasteiger partial charge < -0.3 is 15.8 Å². The summed E-state index contributed by atoms with van der Waals surface area (Å²) < 4.78 is 5.45. The van der Waals surface area contributed by atoms with Crippen molar-refractivity contribution in [2.45, 2.75) is 19.0 Å². The maximum Gasteiger partial charge on any atom is 0.239 e. The van der Waals surface area contributed by atoms with Crippen LogP contribution in [0.1, 0.15) is 18.7 Å². The fourth-order valence-corrected chi connectivity index (χ4v) is 2.51. The van der Waals surface area contributed by atoms with E-state index in [0.29, 0.717) is 32.8 Å². The topological polar surface area (TPSA) is 80.5 Å². The lowest BCUT2D eigenvalue weighted by Crippen LogP contribution is -2.56. The Bertz CT molecular complexity index is 426. The molecule has 20 heavy (non-hydrogen) atoms. The Morgan fingerprint density at radius 1 is 1.65 bits per heavy atom. The van der Waals surface area contributed by atoms with E-state index in [0.717, 1.165) is 5.69 Å². The van der Waals surface area contributed by atoms with E-state index in [1.165, 1.54) is 0 Å². The second-order valence-corrected chi connectivity index (χ2v) is 4.73. The zero-order valence-electron chi connectivity index (χ0n) is 11.8. The van der Waals surface area contributed by atoms with Crippen LogP contribution in [0.25, 0.3) is 0 Å². The summed E-state index contributed by atoms with van der Waals surface area (Å²) in [6, 6.07) is 5.39. The highest BCUT2D eigenvalue weighted by molar-refractivity contribution is 5.82. The Morgan fingerprint density at radius 2 is 2.50 bits per heavy atom. The quantitative estimate of drug-likeness (QED) is 0.787. The van der Waals surface area contributed by atoms with E-state index in [-0.39, 0.29) is 18.0 Å². The molecule has 110 valence electrons. The second-order valence-electron chi connectivity index (χ2n) is 4.73. The molecular weight excluding hydrogens is 256 g/mol. The molecule has 0 aliphatic carbocycles. The molecule has 6 nitrogen and oxygen atoms in total. The van der Waals surface area contributed by atoms with Crippen molar-refractivity contribution in [3.8, 4) is 0 Å². The largest absolute Gasteiger partial charge is 0.378 e. The highest BCUT2D eigenvalue weighted by atomic mass is 16.5. The minimum atomic E-state index is -0.306. The standard InChI is InChI=1S/C14H22N4O2/c1-2-16-14(19)13-10-20-8-7-18(13)12(9-15)11-5-3-4-6-17-11/h3-6,12-13H,2,7-10,15H2,1H3,(H,16,19). The first-order chi connectivity index (χ1) is 9.77. The van der Waals surface area contributed by atoms with Gasteiger partial charge in [0, 0.05) is 25.8 Å². The van der Waals surface area contributed by atoms with Crippen molar-refractivity contribution in [2.24, 2.45) is 5.73 Å². The maximum absolute atomic E-state index is 12.2. The van der Waals surface area contributed by atoms with Crippen LogP contribution < -0.4 is 11.1 Å². The van der Waals surface area contributed by atoms with E-state index in [2.05, 4.69) is 15.2 Å². The molecule has 2 atom stereocenters. The summed E-state index contributed by atoms with van der Waals surface area (Å²) in [5.74, 6) is -0.0124. The zero-order valence-corrected chi connectivity index (χ0v) is 11.8. The average Bonchev–Trinajstić information content (AvgIpc) is 2.50. The Kier molecular flexibility index (Phi) is 5.46. The molecule has 0 saturated carbocycles. The maximum atomic E-state index is 12.2. The lowest BCUT2D eigenvalue weighted by atomic mass is 10.1. The number of ether oxygens (including phenoxy) is 1. The van der Waals surface area contributed by atoms with Crippen LogP contribution in [0, 0.1) is 0 Å². The van der Waals surface area contributed by atoms with Crippen molar-refractivity contribution >= 4 is 5.91 Å². The molecule has 6 heteroatoms. The Balaban J connectivity index is 2.19. The number of aromatic nitrogens is 1. The lowest BCUT2D eigenvalue weighted by Gasteiger charge is -2.39. The van der Waals surface area contributed by atoms with Crippen molar-refractivity contribution < 1.29 is 9.53 Å². The van der Waals surface area contributed by atoms with E-state index in [1.54, 1.807) is 6.20 Å². The molecule has 1 aromatic heterocycles. The molecule has 0 radical (unpaired) electrons. The van der Waals surface area contributed by atoms with Gasteiger partial charge in [-0.15, -0.1) is 0 Å². The Morgan fingerprint density at radius 3 is 3.15 bits per heavy atom. The van der Waals surface area contributed by atoms with Gasteiger partial charge in [0.1, 0.15) is 6.04 Å². The number of hydrogen-bond acceptors (Lipinski definition) is 5. The smallest absolute Gasteiger partial charge is 0.239 e. The molecule has 1 saturated heterocycles. The molecule has 3 N–H and O–H groups in total. The summed E-state index contributed by atoms with van der Waals surface area (Å²) in [5, 5.41) is 2.85. The molecule has 1 aromatic rings. The van der Waals surface area contributed by atoms with Crippen molar-refractivity contribution in [2.75, 3.05) is 32.8 Å². The number of likely N-dealkylation sites (N-methyl/N-ethyl adjacent to an activating group) is 1. The average molecular weight is 278 g/mol. The molecule has 2 heterocycles. The number of amides is 1. The first-order valence-electron chi connectivity index (χ1n) is 7.00. The van der Waals surface area contributed by atoms with Crippen LogP contribution >= 0.6 is 0 Å². The molecule has 0 spiro atoms. The Labute approximate surface area is 119 Å². The van der Waals surface area contributed by atoms with Gasteiger partial charge in [-0.05, 0) is 19.1 Å². The van der Waals surface area contributed by atoms with Crippen LogP contribution in [0.5, 0.6) is 0 Å². The van der Waals surface area contributed by atoms with Gasteiger partial charge in [-0.2, -0.15) is 0 Å². The van der Waals surface area contributed by atoms with E-state index in [1.807, 2.05) is 25.1 Å². The van der Waals surface area contributed by atoms with Gasteiger partial charge in [-0.3, -0.25) is 14.7 Å². The second kappa shape index (κ2) is 7.33. The molecule has 2 rings (SSSR count). The van der Waals surface area contributed by atoms with E-state index in [4.69, 9.17) is 10.5 Å². The third kappa shape index (κ3) is 3.33. The normalized spacial score (nSPS) is 21.4. The van der Waals surface area contributed by atoms with Gasteiger partial charge in [-0.25, -0.2) is 0 Å². The van der Waals surface area contributed by atoms with E-state index in [9.17, 15) is 4.79 Å². The number of nitrogens with one attached hydrogen (secondary N) is 1. The third-order valence-corrected chi connectivity index (χ3v) is 3.48. The number of morpholine rings is 1. The van der Waals surface area contributed by atoms with Crippen LogP contribution in [-0.2, 0) is 9.53 Å².